The van der Waals surface area contributed by atoms with Crippen LogP contribution in [0.3, 0.4) is 0 Å². The Hall–Kier alpha value is -1.45. The molecule has 0 aliphatic heterocycles. The Bertz CT molecular complexity index is 549. The van der Waals surface area contributed by atoms with Crippen molar-refractivity contribution in [3.63, 3.8) is 0 Å². The molecule has 4 nitrogen and oxygen atoms in total. The van der Waals surface area contributed by atoms with Gasteiger partial charge in [-0.2, -0.15) is 5.26 Å². The third-order valence-electron chi connectivity index (χ3n) is 2.18. The number of benzene rings is 1. The van der Waals surface area contributed by atoms with E-state index < -0.39 is 21.9 Å². The minimum absolute atomic E-state index is 0.0312. The first-order valence-corrected chi connectivity index (χ1v) is 6.50. The zero-order chi connectivity index (χ0) is 13.1. The molecule has 6 heteroatoms. The Morgan fingerprint density at radius 1 is 1.53 bits per heavy atom. The van der Waals surface area contributed by atoms with Crippen LogP contribution in [0.25, 0.3) is 0 Å². The number of nitriles is 1. The van der Waals surface area contributed by atoms with Crippen molar-refractivity contribution in [1.82, 2.24) is 4.72 Å². The lowest BCUT2D eigenvalue weighted by atomic mass is 10.2. The summed E-state index contributed by atoms with van der Waals surface area (Å²) in [6.45, 7) is 3.12. The van der Waals surface area contributed by atoms with E-state index in [-0.39, 0.29) is 11.3 Å². The lowest BCUT2D eigenvalue weighted by Gasteiger charge is -2.12. The molecule has 0 saturated heterocycles. The van der Waals surface area contributed by atoms with Gasteiger partial charge in [0.2, 0.25) is 10.0 Å². The van der Waals surface area contributed by atoms with Crippen LogP contribution in [0.2, 0.25) is 0 Å². The maximum absolute atomic E-state index is 12.9. The fourth-order valence-electron chi connectivity index (χ4n) is 1.42. The second kappa shape index (κ2) is 5.25. The molecule has 0 amide bonds. The number of aryl methyl sites for hydroxylation is 1. The number of sulfonamides is 1. The van der Waals surface area contributed by atoms with Crippen molar-refractivity contribution >= 4 is 10.0 Å². The standard InChI is InChI=1S/C11H13FN2O2S/c1-8-7-10(12)3-4-11(8)17(15,16)14-9(2)5-6-13/h3-4,7,9,14H,5H2,1-2H3. The highest BCUT2D eigenvalue weighted by Gasteiger charge is 2.19. The topological polar surface area (TPSA) is 70.0 Å². The number of nitrogens with zero attached hydrogens (tertiary/aromatic N) is 1. The number of hydrogen-bond acceptors (Lipinski definition) is 3. The van der Waals surface area contributed by atoms with Crippen LogP contribution in [-0.4, -0.2) is 14.5 Å². The SMILES string of the molecule is Cc1cc(F)ccc1S(=O)(=O)NC(C)CC#N. The summed E-state index contributed by atoms with van der Waals surface area (Å²) >= 11 is 0. The number of rotatable bonds is 4. The Balaban J connectivity index is 3.02. The van der Waals surface area contributed by atoms with Crippen LogP contribution in [0, 0.1) is 24.1 Å². The van der Waals surface area contributed by atoms with Gasteiger partial charge in [-0.25, -0.2) is 17.5 Å². The van der Waals surface area contributed by atoms with Crippen molar-refractivity contribution in [3.05, 3.63) is 29.6 Å². The van der Waals surface area contributed by atoms with Crippen molar-refractivity contribution in [3.8, 4) is 6.07 Å². The average molecular weight is 256 g/mol. The van der Waals surface area contributed by atoms with Crippen molar-refractivity contribution in [2.24, 2.45) is 0 Å². The number of hydrogen-bond donors (Lipinski definition) is 1. The Morgan fingerprint density at radius 2 is 2.18 bits per heavy atom. The smallest absolute Gasteiger partial charge is 0.207 e. The third-order valence-corrected chi connectivity index (χ3v) is 3.93. The number of halogens is 1. The summed E-state index contributed by atoms with van der Waals surface area (Å²) in [4.78, 5) is 0.0312. The van der Waals surface area contributed by atoms with E-state index in [0.29, 0.717) is 5.56 Å². The molecular weight excluding hydrogens is 243 g/mol. The third kappa shape index (κ3) is 3.51. The highest BCUT2D eigenvalue weighted by atomic mass is 32.2. The van der Waals surface area contributed by atoms with Crippen LogP contribution in [-0.2, 0) is 10.0 Å². The van der Waals surface area contributed by atoms with Gasteiger partial charge in [-0.1, -0.05) is 0 Å². The average Bonchev–Trinajstić information content (AvgIpc) is 2.15. The monoisotopic (exact) mass is 256 g/mol. The van der Waals surface area contributed by atoms with Gasteiger partial charge in [0.25, 0.3) is 0 Å². The first-order valence-electron chi connectivity index (χ1n) is 5.02. The fourth-order valence-corrected chi connectivity index (χ4v) is 2.89. The number of nitrogens with one attached hydrogen (secondary N) is 1. The minimum Gasteiger partial charge on any atom is -0.207 e. The molecule has 0 aromatic heterocycles. The molecule has 0 fully saturated rings. The molecule has 1 unspecified atom stereocenters. The van der Waals surface area contributed by atoms with Gasteiger partial charge in [0.15, 0.2) is 0 Å². The second-order valence-electron chi connectivity index (χ2n) is 3.79. The van der Waals surface area contributed by atoms with Gasteiger partial charge >= 0.3 is 0 Å². The van der Waals surface area contributed by atoms with Crippen LogP contribution in [0.15, 0.2) is 23.1 Å². The van der Waals surface area contributed by atoms with Gasteiger partial charge in [0, 0.05) is 6.04 Å². The van der Waals surface area contributed by atoms with Crippen LogP contribution < -0.4 is 4.72 Å². The van der Waals surface area contributed by atoms with E-state index in [1.165, 1.54) is 13.0 Å². The molecule has 1 aromatic rings. The van der Waals surface area contributed by atoms with Crippen molar-refractivity contribution in [1.29, 1.82) is 5.26 Å². The molecule has 1 aromatic carbocycles. The van der Waals surface area contributed by atoms with E-state index in [2.05, 4.69) is 4.72 Å². The van der Waals surface area contributed by atoms with Gasteiger partial charge in [-0.05, 0) is 37.6 Å². The Kier molecular flexibility index (Phi) is 4.21. The molecule has 92 valence electrons. The molecule has 0 heterocycles. The summed E-state index contributed by atoms with van der Waals surface area (Å²) in [6.07, 6.45) is 0.0828. The predicted molar refractivity (Wildman–Crippen MR) is 61.2 cm³/mol. The molecule has 0 aliphatic carbocycles. The van der Waals surface area contributed by atoms with E-state index in [1.807, 2.05) is 6.07 Å². The van der Waals surface area contributed by atoms with Crippen LogP contribution >= 0.6 is 0 Å². The lowest BCUT2D eigenvalue weighted by Crippen LogP contribution is -2.32. The van der Waals surface area contributed by atoms with Gasteiger partial charge in [-0.3, -0.25) is 0 Å². The second-order valence-corrected chi connectivity index (χ2v) is 5.48. The summed E-state index contributed by atoms with van der Waals surface area (Å²) < 4.78 is 39.0. The van der Waals surface area contributed by atoms with Gasteiger partial charge < -0.3 is 0 Å². The van der Waals surface area contributed by atoms with Crippen molar-refractivity contribution in [2.45, 2.75) is 31.2 Å². The molecule has 0 spiro atoms. The van der Waals surface area contributed by atoms with Crippen molar-refractivity contribution in [2.75, 3.05) is 0 Å². The molecule has 0 radical (unpaired) electrons. The first-order chi connectivity index (χ1) is 7.86. The lowest BCUT2D eigenvalue weighted by molar-refractivity contribution is 0.562. The summed E-state index contributed by atoms with van der Waals surface area (Å²) in [5.41, 5.74) is 0.335. The van der Waals surface area contributed by atoms with E-state index in [1.54, 1.807) is 6.92 Å². The first kappa shape index (κ1) is 13.6. The largest absolute Gasteiger partial charge is 0.241 e. The molecule has 0 saturated carbocycles. The van der Waals surface area contributed by atoms with Crippen LogP contribution in [0.5, 0.6) is 0 Å². The van der Waals surface area contributed by atoms with Gasteiger partial charge in [-0.15, -0.1) is 0 Å². The van der Waals surface area contributed by atoms with Gasteiger partial charge in [0.05, 0.1) is 17.4 Å². The molecule has 1 N–H and O–H groups in total. The van der Waals surface area contributed by atoms with E-state index >= 15 is 0 Å². The van der Waals surface area contributed by atoms with Crippen molar-refractivity contribution < 1.29 is 12.8 Å². The molecule has 1 rings (SSSR count). The maximum Gasteiger partial charge on any atom is 0.241 e. The minimum atomic E-state index is -3.70. The maximum atomic E-state index is 12.9. The molecule has 0 bridgehead atoms. The molecular formula is C11H13FN2O2S. The van der Waals surface area contributed by atoms with Crippen LogP contribution in [0.4, 0.5) is 4.39 Å². The zero-order valence-electron chi connectivity index (χ0n) is 9.57. The Labute approximate surface area is 100 Å². The zero-order valence-corrected chi connectivity index (χ0v) is 10.4. The highest BCUT2D eigenvalue weighted by molar-refractivity contribution is 7.89. The Morgan fingerprint density at radius 3 is 2.71 bits per heavy atom. The van der Waals surface area contributed by atoms with E-state index in [4.69, 9.17) is 5.26 Å². The van der Waals surface area contributed by atoms with Crippen LogP contribution in [0.1, 0.15) is 18.9 Å². The molecule has 1 atom stereocenters. The molecule has 0 aliphatic rings. The quantitative estimate of drug-likeness (QED) is 0.891. The summed E-state index contributed by atoms with van der Waals surface area (Å²) in [6, 6.07) is 4.87. The highest BCUT2D eigenvalue weighted by Crippen LogP contribution is 2.16. The van der Waals surface area contributed by atoms with E-state index in [0.717, 1.165) is 12.1 Å². The van der Waals surface area contributed by atoms with E-state index in [9.17, 15) is 12.8 Å². The predicted octanol–water partition coefficient (Wildman–Crippen LogP) is 1.71. The summed E-state index contributed by atoms with van der Waals surface area (Å²) in [5, 5.41) is 8.46. The summed E-state index contributed by atoms with van der Waals surface area (Å²) in [5.74, 6) is -0.480. The fraction of sp³-hybridized carbons (Fsp3) is 0.364. The normalized spacial score (nSPS) is 13.1. The molecule has 17 heavy (non-hydrogen) atoms. The van der Waals surface area contributed by atoms with Gasteiger partial charge in [0.1, 0.15) is 5.82 Å². The summed E-state index contributed by atoms with van der Waals surface area (Å²) in [7, 11) is -3.70.